The maximum Gasteiger partial charge on any atom is 0.407 e. The molecule has 2 aliphatic rings. The average Bonchev–Trinajstić information content (AvgIpc) is 2.79. The van der Waals surface area contributed by atoms with Gasteiger partial charge >= 0.3 is 6.09 Å². The Morgan fingerprint density at radius 1 is 1.37 bits per heavy atom. The highest BCUT2D eigenvalue weighted by Crippen LogP contribution is 2.45. The van der Waals surface area contributed by atoms with Gasteiger partial charge in [-0.05, 0) is 18.4 Å². The minimum absolute atomic E-state index is 0.202. The fourth-order valence-electron chi connectivity index (χ4n) is 3.52. The summed E-state index contributed by atoms with van der Waals surface area (Å²) in [6.07, 6.45) is 2.75. The zero-order chi connectivity index (χ0) is 13.3. The van der Waals surface area contributed by atoms with E-state index in [0.29, 0.717) is 19.1 Å². The van der Waals surface area contributed by atoms with Gasteiger partial charge in [0.2, 0.25) is 0 Å². The van der Waals surface area contributed by atoms with E-state index in [-0.39, 0.29) is 5.41 Å². The van der Waals surface area contributed by atoms with E-state index < -0.39 is 6.09 Å². The molecule has 1 unspecified atom stereocenters. The van der Waals surface area contributed by atoms with Crippen LogP contribution in [0.4, 0.5) is 4.79 Å². The van der Waals surface area contributed by atoms with Crippen LogP contribution in [0, 0.1) is 5.41 Å². The SMILES string of the molecule is O=C(O)N1CC2(CCCC2NCc2ccccc2)C1. The van der Waals surface area contributed by atoms with E-state index in [0.717, 1.165) is 13.0 Å². The number of benzene rings is 1. The van der Waals surface area contributed by atoms with E-state index in [9.17, 15) is 4.79 Å². The highest BCUT2D eigenvalue weighted by atomic mass is 16.4. The Morgan fingerprint density at radius 3 is 2.79 bits per heavy atom. The number of hydrogen-bond acceptors (Lipinski definition) is 2. The number of carboxylic acid groups (broad SMARTS) is 1. The number of carbonyl (C=O) groups is 1. The first-order chi connectivity index (χ1) is 9.20. The Morgan fingerprint density at radius 2 is 2.11 bits per heavy atom. The van der Waals surface area contributed by atoms with E-state index in [2.05, 4.69) is 29.6 Å². The molecule has 0 bridgehead atoms. The number of nitrogens with zero attached hydrogens (tertiary/aromatic N) is 1. The summed E-state index contributed by atoms with van der Waals surface area (Å²) in [5.41, 5.74) is 1.49. The minimum atomic E-state index is -0.778. The molecule has 2 fully saturated rings. The van der Waals surface area contributed by atoms with Crippen LogP contribution in [0.25, 0.3) is 0 Å². The zero-order valence-electron chi connectivity index (χ0n) is 11.0. The molecule has 1 amide bonds. The second-order valence-electron chi connectivity index (χ2n) is 5.81. The summed E-state index contributed by atoms with van der Waals surface area (Å²) < 4.78 is 0. The molecule has 2 N–H and O–H groups in total. The predicted molar refractivity (Wildman–Crippen MR) is 73.0 cm³/mol. The first-order valence-electron chi connectivity index (χ1n) is 6.95. The molecule has 102 valence electrons. The van der Waals surface area contributed by atoms with Crippen molar-refractivity contribution >= 4 is 6.09 Å². The smallest absolute Gasteiger partial charge is 0.407 e. The van der Waals surface area contributed by atoms with Crippen molar-refractivity contribution < 1.29 is 9.90 Å². The number of nitrogens with one attached hydrogen (secondary N) is 1. The molecule has 1 spiro atoms. The van der Waals surface area contributed by atoms with Gasteiger partial charge in [-0.3, -0.25) is 0 Å². The molecular weight excluding hydrogens is 240 g/mol. The number of likely N-dealkylation sites (tertiary alicyclic amines) is 1. The average molecular weight is 260 g/mol. The van der Waals surface area contributed by atoms with Crippen LogP contribution < -0.4 is 5.32 Å². The van der Waals surface area contributed by atoms with E-state index in [1.165, 1.54) is 23.3 Å². The standard InChI is InChI=1S/C15H20N2O2/c18-14(19)17-10-15(11-17)8-4-7-13(15)16-9-12-5-2-1-3-6-12/h1-3,5-6,13,16H,4,7-11H2,(H,18,19). The third kappa shape index (κ3) is 2.32. The summed E-state index contributed by atoms with van der Waals surface area (Å²) in [5, 5.41) is 12.6. The summed E-state index contributed by atoms with van der Waals surface area (Å²) in [6, 6.07) is 10.8. The third-order valence-corrected chi connectivity index (χ3v) is 4.58. The summed E-state index contributed by atoms with van der Waals surface area (Å²) in [7, 11) is 0. The minimum Gasteiger partial charge on any atom is -0.465 e. The molecule has 0 radical (unpaired) electrons. The lowest BCUT2D eigenvalue weighted by molar-refractivity contribution is -0.00355. The fraction of sp³-hybridized carbons (Fsp3) is 0.533. The normalized spacial score (nSPS) is 24.4. The summed E-state index contributed by atoms with van der Waals surface area (Å²) in [6.45, 7) is 2.28. The van der Waals surface area contributed by atoms with Crippen molar-refractivity contribution in [1.29, 1.82) is 0 Å². The second kappa shape index (κ2) is 4.85. The Balaban J connectivity index is 1.58. The van der Waals surface area contributed by atoms with Crippen LogP contribution in [0.15, 0.2) is 30.3 Å². The van der Waals surface area contributed by atoms with Gasteiger partial charge in [-0.25, -0.2) is 4.79 Å². The van der Waals surface area contributed by atoms with Crippen molar-refractivity contribution in [3.63, 3.8) is 0 Å². The molecule has 1 aliphatic heterocycles. The lowest BCUT2D eigenvalue weighted by atomic mass is 9.75. The lowest BCUT2D eigenvalue weighted by Gasteiger charge is -2.50. The monoisotopic (exact) mass is 260 g/mol. The van der Waals surface area contributed by atoms with Crippen molar-refractivity contribution in [3.8, 4) is 0 Å². The quantitative estimate of drug-likeness (QED) is 0.877. The summed E-state index contributed by atoms with van der Waals surface area (Å²) >= 11 is 0. The topological polar surface area (TPSA) is 52.6 Å². The van der Waals surface area contributed by atoms with Gasteiger partial charge in [0.1, 0.15) is 0 Å². The van der Waals surface area contributed by atoms with Gasteiger partial charge in [0.05, 0.1) is 0 Å². The first-order valence-corrected chi connectivity index (χ1v) is 6.95. The molecule has 0 aromatic heterocycles. The largest absolute Gasteiger partial charge is 0.465 e. The molecule has 1 heterocycles. The first kappa shape index (κ1) is 12.5. The summed E-state index contributed by atoms with van der Waals surface area (Å²) in [5.74, 6) is 0. The van der Waals surface area contributed by atoms with Crippen LogP contribution >= 0.6 is 0 Å². The highest BCUT2D eigenvalue weighted by Gasteiger charge is 2.52. The number of hydrogen-bond donors (Lipinski definition) is 2. The van der Waals surface area contributed by atoms with Crippen molar-refractivity contribution in [3.05, 3.63) is 35.9 Å². The number of amides is 1. The van der Waals surface area contributed by atoms with E-state index >= 15 is 0 Å². The van der Waals surface area contributed by atoms with Gasteiger partial charge < -0.3 is 15.3 Å². The predicted octanol–water partition coefficient (Wildman–Crippen LogP) is 2.31. The fourth-order valence-corrected chi connectivity index (χ4v) is 3.52. The molecule has 3 rings (SSSR count). The van der Waals surface area contributed by atoms with Crippen LogP contribution in [0.1, 0.15) is 24.8 Å². The maximum atomic E-state index is 10.9. The van der Waals surface area contributed by atoms with E-state index in [1.54, 1.807) is 0 Å². The van der Waals surface area contributed by atoms with Crippen LogP contribution in [0.5, 0.6) is 0 Å². The zero-order valence-corrected chi connectivity index (χ0v) is 11.0. The van der Waals surface area contributed by atoms with Crippen LogP contribution in [-0.2, 0) is 6.54 Å². The van der Waals surface area contributed by atoms with Crippen molar-refractivity contribution in [2.24, 2.45) is 5.41 Å². The van der Waals surface area contributed by atoms with Gasteiger partial charge in [0.15, 0.2) is 0 Å². The molecule has 4 heteroatoms. The van der Waals surface area contributed by atoms with Gasteiger partial charge in [0, 0.05) is 31.1 Å². The van der Waals surface area contributed by atoms with Crippen molar-refractivity contribution in [1.82, 2.24) is 10.2 Å². The van der Waals surface area contributed by atoms with Crippen molar-refractivity contribution in [2.75, 3.05) is 13.1 Å². The third-order valence-electron chi connectivity index (χ3n) is 4.58. The molecule has 19 heavy (non-hydrogen) atoms. The molecule has 1 saturated heterocycles. The Bertz CT molecular complexity index is 454. The molecule has 1 atom stereocenters. The molecule has 1 saturated carbocycles. The molecule has 1 aromatic carbocycles. The Hall–Kier alpha value is -1.55. The second-order valence-corrected chi connectivity index (χ2v) is 5.81. The molecule has 4 nitrogen and oxygen atoms in total. The summed E-state index contributed by atoms with van der Waals surface area (Å²) in [4.78, 5) is 12.4. The van der Waals surface area contributed by atoms with E-state index in [1.807, 2.05) is 6.07 Å². The van der Waals surface area contributed by atoms with Crippen LogP contribution in [0.3, 0.4) is 0 Å². The van der Waals surface area contributed by atoms with Crippen LogP contribution in [-0.4, -0.2) is 35.2 Å². The Kier molecular flexibility index (Phi) is 3.19. The van der Waals surface area contributed by atoms with Gasteiger partial charge in [-0.1, -0.05) is 36.8 Å². The van der Waals surface area contributed by atoms with Crippen molar-refractivity contribution in [2.45, 2.75) is 31.8 Å². The van der Waals surface area contributed by atoms with Gasteiger partial charge in [0.25, 0.3) is 0 Å². The van der Waals surface area contributed by atoms with Gasteiger partial charge in [-0.15, -0.1) is 0 Å². The van der Waals surface area contributed by atoms with Crippen LogP contribution in [0.2, 0.25) is 0 Å². The Labute approximate surface area is 113 Å². The molecule has 1 aromatic rings. The highest BCUT2D eigenvalue weighted by molar-refractivity contribution is 5.66. The van der Waals surface area contributed by atoms with Gasteiger partial charge in [-0.2, -0.15) is 0 Å². The lowest BCUT2D eigenvalue weighted by Crippen LogP contribution is -2.63. The maximum absolute atomic E-state index is 10.9. The molecular formula is C15H20N2O2. The molecule has 1 aliphatic carbocycles. The number of rotatable bonds is 3. The van der Waals surface area contributed by atoms with E-state index in [4.69, 9.17) is 5.11 Å².